The van der Waals surface area contributed by atoms with Crippen LogP contribution in [0, 0.1) is 19.8 Å². The zero-order chi connectivity index (χ0) is 21.8. The molecule has 0 N–H and O–H groups in total. The summed E-state index contributed by atoms with van der Waals surface area (Å²) in [5.41, 5.74) is 1.39. The number of aromatic nitrogens is 1. The van der Waals surface area contributed by atoms with Crippen LogP contribution in [0.5, 0.6) is 5.75 Å². The van der Waals surface area contributed by atoms with Crippen molar-refractivity contribution < 1.29 is 19.1 Å². The summed E-state index contributed by atoms with van der Waals surface area (Å²) in [5, 5.41) is 0.916. The third-order valence-corrected chi connectivity index (χ3v) is 6.86. The molecular formula is C23H29N3O4S. The first-order valence-corrected chi connectivity index (χ1v) is 11.7. The molecule has 2 saturated heterocycles. The number of hydrogen-bond donors (Lipinski definition) is 0. The van der Waals surface area contributed by atoms with Gasteiger partial charge in [0.2, 0.25) is 0 Å². The van der Waals surface area contributed by atoms with Gasteiger partial charge in [-0.25, -0.2) is 4.98 Å². The molecule has 0 radical (unpaired) electrons. The second-order valence-electron chi connectivity index (χ2n) is 8.12. The topological polar surface area (TPSA) is 72.0 Å². The Bertz CT molecular complexity index is 939. The summed E-state index contributed by atoms with van der Waals surface area (Å²) >= 11 is 1.46. The molecule has 0 saturated carbocycles. The van der Waals surface area contributed by atoms with E-state index in [1.54, 1.807) is 0 Å². The van der Waals surface area contributed by atoms with Crippen molar-refractivity contribution >= 4 is 23.2 Å². The first kappa shape index (κ1) is 21.8. The molecule has 7 nitrogen and oxygen atoms in total. The van der Waals surface area contributed by atoms with Crippen molar-refractivity contribution in [2.45, 2.75) is 26.7 Å². The Morgan fingerprint density at radius 2 is 1.90 bits per heavy atom. The van der Waals surface area contributed by atoms with Gasteiger partial charge in [-0.2, -0.15) is 0 Å². The number of morpholine rings is 1. The molecule has 1 aromatic carbocycles. The minimum Gasteiger partial charge on any atom is -0.492 e. The minimum absolute atomic E-state index is 0.0182. The zero-order valence-electron chi connectivity index (χ0n) is 18.1. The van der Waals surface area contributed by atoms with Crippen LogP contribution in [0.4, 0.5) is 0 Å². The van der Waals surface area contributed by atoms with Crippen LogP contribution in [0.25, 0.3) is 0 Å². The Kier molecular flexibility index (Phi) is 6.87. The van der Waals surface area contributed by atoms with Crippen LogP contribution in [-0.2, 0) is 4.74 Å². The van der Waals surface area contributed by atoms with Crippen LogP contribution < -0.4 is 4.74 Å². The third-order valence-electron chi connectivity index (χ3n) is 5.79. The molecule has 0 spiro atoms. The monoisotopic (exact) mass is 443 g/mol. The number of rotatable bonds is 5. The fourth-order valence-electron chi connectivity index (χ4n) is 4.17. The van der Waals surface area contributed by atoms with E-state index in [4.69, 9.17) is 9.47 Å². The van der Waals surface area contributed by atoms with Crippen molar-refractivity contribution in [3.8, 4) is 5.75 Å². The predicted molar refractivity (Wildman–Crippen MR) is 119 cm³/mol. The minimum atomic E-state index is -0.0182. The van der Waals surface area contributed by atoms with Crippen LogP contribution in [0.2, 0.25) is 0 Å². The van der Waals surface area contributed by atoms with Gasteiger partial charge in [0.25, 0.3) is 11.8 Å². The maximum absolute atomic E-state index is 13.0. The fraction of sp³-hybridized carbons (Fsp3) is 0.522. The van der Waals surface area contributed by atoms with Crippen LogP contribution >= 0.6 is 11.3 Å². The summed E-state index contributed by atoms with van der Waals surface area (Å²) in [6.07, 6.45) is 1.95. The quantitative estimate of drug-likeness (QED) is 0.710. The van der Waals surface area contributed by atoms with Crippen LogP contribution in [0.1, 0.15) is 43.6 Å². The first-order valence-electron chi connectivity index (χ1n) is 10.8. The van der Waals surface area contributed by atoms with Crippen molar-refractivity contribution in [3.63, 3.8) is 0 Å². The molecule has 2 aliphatic rings. The lowest BCUT2D eigenvalue weighted by molar-refractivity contribution is 0.0299. The van der Waals surface area contributed by atoms with E-state index in [0.717, 1.165) is 35.0 Å². The molecule has 2 fully saturated rings. The Hall–Kier alpha value is -2.45. The van der Waals surface area contributed by atoms with Crippen LogP contribution in [0.3, 0.4) is 0 Å². The number of piperidine rings is 1. The molecule has 2 aliphatic heterocycles. The van der Waals surface area contributed by atoms with Gasteiger partial charge in [0.15, 0.2) is 0 Å². The number of nitrogens with zero attached hydrogens (tertiary/aromatic N) is 3. The lowest BCUT2D eigenvalue weighted by Gasteiger charge is -2.32. The molecule has 4 rings (SSSR count). The normalized spacial score (nSPS) is 19.4. The van der Waals surface area contributed by atoms with Gasteiger partial charge in [0.05, 0.1) is 36.1 Å². The highest BCUT2D eigenvalue weighted by Crippen LogP contribution is 2.26. The summed E-state index contributed by atoms with van der Waals surface area (Å²) in [6.45, 7) is 8.07. The van der Waals surface area contributed by atoms with E-state index < -0.39 is 0 Å². The van der Waals surface area contributed by atoms with Crippen molar-refractivity contribution in [1.82, 2.24) is 14.8 Å². The molecule has 3 heterocycles. The van der Waals surface area contributed by atoms with Gasteiger partial charge in [-0.15, -0.1) is 11.3 Å². The van der Waals surface area contributed by atoms with Gasteiger partial charge in [-0.05, 0) is 38.8 Å². The van der Waals surface area contributed by atoms with E-state index in [1.807, 2.05) is 47.9 Å². The largest absolute Gasteiger partial charge is 0.492 e. The van der Waals surface area contributed by atoms with Crippen molar-refractivity contribution in [2.75, 3.05) is 46.0 Å². The fourth-order valence-corrected chi connectivity index (χ4v) is 5.06. The lowest BCUT2D eigenvalue weighted by atomic mass is 9.98. The summed E-state index contributed by atoms with van der Waals surface area (Å²) in [6, 6.07) is 7.42. The number of benzene rings is 1. The number of likely N-dealkylation sites (tertiary alicyclic amines) is 1. The van der Waals surface area contributed by atoms with Gasteiger partial charge >= 0.3 is 0 Å². The van der Waals surface area contributed by atoms with Gasteiger partial charge in [0.1, 0.15) is 10.6 Å². The summed E-state index contributed by atoms with van der Waals surface area (Å²) in [4.78, 5) is 34.8. The molecule has 2 aromatic rings. The molecule has 0 aliphatic carbocycles. The number of thiazole rings is 1. The average molecular weight is 444 g/mol. The Morgan fingerprint density at radius 3 is 2.65 bits per heavy atom. The number of carbonyl (C=O) groups excluding carboxylic acids is 2. The van der Waals surface area contributed by atoms with Gasteiger partial charge in [0, 0.05) is 32.1 Å². The molecule has 31 heavy (non-hydrogen) atoms. The number of aryl methyl sites for hydroxylation is 2. The van der Waals surface area contributed by atoms with Crippen LogP contribution in [-0.4, -0.2) is 72.6 Å². The van der Waals surface area contributed by atoms with E-state index in [-0.39, 0.29) is 17.7 Å². The van der Waals surface area contributed by atoms with E-state index in [0.29, 0.717) is 50.8 Å². The Balaban J connectivity index is 1.38. The molecule has 166 valence electrons. The maximum atomic E-state index is 13.0. The number of hydrogen-bond acceptors (Lipinski definition) is 6. The highest BCUT2D eigenvalue weighted by atomic mass is 32.1. The maximum Gasteiger partial charge on any atom is 0.265 e. The number of ether oxygens (including phenoxy) is 2. The second-order valence-corrected chi connectivity index (χ2v) is 9.32. The summed E-state index contributed by atoms with van der Waals surface area (Å²) < 4.78 is 11.5. The highest BCUT2D eigenvalue weighted by Gasteiger charge is 2.28. The summed E-state index contributed by atoms with van der Waals surface area (Å²) in [5.74, 6) is 0.890. The molecule has 1 unspecified atom stereocenters. The Morgan fingerprint density at radius 1 is 1.13 bits per heavy atom. The number of para-hydroxylation sites is 1. The van der Waals surface area contributed by atoms with E-state index in [2.05, 4.69) is 4.98 Å². The standard InChI is InChI=1S/C23H29N3O4S/c1-16-21(31-17(2)24-16)23(28)26-9-5-6-18(14-26)15-30-20-8-4-3-7-19(20)22(27)25-10-12-29-13-11-25/h3-4,7-8,18H,5-6,9-15H2,1-2H3. The van der Waals surface area contributed by atoms with Crippen LogP contribution in [0.15, 0.2) is 24.3 Å². The number of carbonyl (C=O) groups is 2. The van der Waals surface area contributed by atoms with E-state index >= 15 is 0 Å². The molecule has 1 atom stereocenters. The first-order chi connectivity index (χ1) is 15.0. The molecule has 8 heteroatoms. The van der Waals surface area contributed by atoms with Crippen molar-refractivity contribution in [2.24, 2.45) is 5.92 Å². The average Bonchev–Trinajstić information content (AvgIpc) is 3.15. The van der Waals surface area contributed by atoms with Crippen molar-refractivity contribution in [3.05, 3.63) is 45.4 Å². The van der Waals surface area contributed by atoms with Gasteiger partial charge in [-0.1, -0.05) is 12.1 Å². The summed E-state index contributed by atoms with van der Waals surface area (Å²) in [7, 11) is 0. The molecule has 2 amide bonds. The van der Waals surface area contributed by atoms with E-state index in [9.17, 15) is 9.59 Å². The van der Waals surface area contributed by atoms with E-state index in [1.165, 1.54) is 11.3 Å². The molecule has 0 bridgehead atoms. The van der Waals surface area contributed by atoms with Crippen molar-refractivity contribution in [1.29, 1.82) is 0 Å². The third kappa shape index (κ3) is 5.07. The predicted octanol–water partition coefficient (Wildman–Crippen LogP) is 3.16. The zero-order valence-corrected chi connectivity index (χ0v) is 19.0. The SMILES string of the molecule is Cc1nc(C)c(C(=O)N2CCCC(COc3ccccc3C(=O)N3CCOCC3)C2)s1. The van der Waals surface area contributed by atoms with Gasteiger partial charge < -0.3 is 19.3 Å². The second kappa shape index (κ2) is 9.78. The number of amides is 2. The lowest BCUT2D eigenvalue weighted by Crippen LogP contribution is -2.42. The Labute approximate surface area is 187 Å². The smallest absolute Gasteiger partial charge is 0.265 e. The highest BCUT2D eigenvalue weighted by molar-refractivity contribution is 7.13. The molecular weight excluding hydrogens is 414 g/mol. The van der Waals surface area contributed by atoms with Gasteiger partial charge in [-0.3, -0.25) is 9.59 Å². The molecule has 1 aromatic heterocycles.